The van der Waals surface area contributed by atoms with E-state index in [-0.39, 0.29) is 17.5 Å². The van der Waals surface area contributed by atoms with Crippen LogP contribution in [0.4, 0.5) is 0 Å². The number of hydrogen-bond acceptors (Lipinski definition) is 4. The first-order valence-electron chi connectivity index (χ1n) is 11.3. The van der Waals surface area contributed by atoms with E-state index >= 15 is 0 Å². The van der Waals surface area contributed by atoms with Gasteiger partial charge in [-0.15, -0.1) is 0 Å². The summed E-state index contributed by atoms with van der Waals surface area (Å²) >= 11 is 0. The van der Waals surface area contributed by atoms with E-state index in [4.69, 9.17) is 4.98 Å². The predicted octanol–water partition coefficient (Wildman–Crippen LogP) is 3.13. The normalized spacial score (nSPS) is 19.2. The molecule has 1 atom stereocenters. The highest BCUT2D eigenvalue weighted by Crippen LogP contribution is 2.18. The van der Waals surface area contributed by atoms with Crippen LogP contribution in [-0.4, -0.2) is 39.5 Å². The van der Waals surface area contributed by atoms with Crippen molar-refractivity contribution in [3.8, 4) is 0 Å². The van der Waals surface area contributed by atoms with Crippen LogP contribution >= 0.6 is 0 Å². The Labute approximate surface area is 181 Å². The lowest BCUT2D eigenvalue weighted by Gasteiger charge is -2.17. The van der Waals surface area contributed by atoms with E-state index in [0.29, 0.717) is 16.5 Å². The van der Waals surface area contributed by atoms with Crippen LogP contribution in [0.1, 0.15) is 47.4 Å². The number of fused-ring (bicyclic) bond motifs is 2. The van der Waals surface area contributed by atoms with Crippen molar-refractivity contribution in [2.75, 3.05) is 13.1 Å². The zero-order valence-electron chi connectivity index (χ0n) is 17.7. The lowest BCUT2D eigenvalue weighted by Crippen LogP contribution is -2.37. The fraction of sp³-hybridized carbons (Fsp3) is 0.400. The molecule has 0 aliphatic carbocycles. The molecule has 1 fully saturated rings. The number of benzene rings is 2. The second kappa shape index (κ2) is 8.63. The van der Waals surface area contributed by atoms with Crippen molar-refractivity contribution in [1.29, 1.82) is 0 Å². The van der Waals surface area contributed by atoms with Crippen LogP contribution < -0.4 is 10.9 Å². The summed E-state index contributed by atoms with van der Waals surface area (Å²) in [5, 5.41) is 3.77. The quantitative estimate of drug-likeness (QED) is 0.710. The van der Waals surface area contributed by atoms with E-state index in [9.17, 15) is 9.59 Å². The lowest BCUT2D eigenvalue weighted by molar-refractivity contribution is 0.0937. The second-order valence-electron chi connectivity index (χ2n) is 8.71. The smallest absolute Gasteiger partial charge is 0.261 e. The van der Waals surface area contributed by atoms with Crippen LogP contribution in [0.2, 0.25) is 0 Å². The number of likely N-dealkylation sites (tertiary alicyclic amines) is 1. The topological polar surface area (TPSA) is 67.2 Å². The number of aromatic nitrogens is 2. The van der Waals surface area contributed by atoms with Gasteiger partial charge in [0.1, 0.15) is 5.82 Å². The third-order valence-electron chi connectivity index (χ3n) is 6.44. The van der Waals surface area contributed by atoms with E-state index in [1.807, 2.05) is 10.6 Å². The molecule has 6 nitrogen and oxygen atoms in total. The summed E-state index contributed by atoms with van der Waals surface area (Å²) < 4.78 is 1.81. The van der Waals surface area contributed by atoms with Crippen molar-refractivity contribution < 1.29 is 4.79 Å². The summed E-state index contributed by atoms with van der Waals surface area (Å²) in [4.78, 5) is 32.9. The minimum absolute atomic E-state index is 0.0150. The van der Waals surface area contributed by atoms with Gasteiger partial charge in [0.2, 0.25) is 0 Å². The minimum atomic E-state index is -0.0923. The minimum Gasteiger partial charge on any atom is -0.348 e. The molecule has 0 bridgehead atoms. The van der Waals surface area contributed by atoms with Crippen LogP contribution in [0.3, 0.4) is 0 Å². The average Bonchev–Trinajstić information content (AvgIpc) is 3.07. The summed E-state index contributed by atoms with van der Waals surface area (Å²) in [7, 11) is 0. The molecule has 0 spiro atoms. The largest absolute Gasteiger partial charge is 0.348 e. The van der Waals surface area contributed by atoms with Crippen molar-refractivity contribution >= 4 is 16.8 Å². The van der Waals surface area contributed by atoms with Gasteiger partial charge in [-0.25, -0.2) is 4.98 Å². The van der Waals surface area contributed by atoms with Crippen molar-refractivity contribution in [3.05, 3.63) is 75.8 Å². The van der Waals surface area contributed by atoms with Gasteiger partial charge >= 0.3 is 0 Å². The maximum absolute atomic E-state index is 12.9. The highest BCUT2D eigenvalue weighted by Gasteiger charge is 2.24. The Hall–Kier alpha value is -2.99. The monoisotopic (exact) mass is 416 g/mol. The Balaban J connectivity index is 1.29. The third-order valence-corrected chi connectivity index (χ3v) is 6.44. The number of amides is 1. The first-order chi connectivity index (χ1) is 15.2. The molecule has 2 aromatic carbocycles. The molecule has 160 valence electrons. The molecule has 1 aromatic heterocycles. The summed E-state index contributed by atoms with van der Waals surface area (Å²) in [6, 6.07) is 15.8. The molecular formula is C25H28N4O2. The van der Waals surface area contributed by atoms with Crippen molar-refractivity contribution in [2.24, 2.45) is 0 Å². The summed E-state index contributed by atoms with van der Waals surface area (Å²) in [6.45, 7) is 3.46. The highest BCUT2D eigenvalue weighted by atomic mass is 16.1. The zero-order valence-corrected chi connectivity index (χ0v) is 17.7. The Morgan fingerprint density at radius 3 is 2.81 bits per heavy atom. The van der Waals surface area contributed by atoms with Crippen molar-refractivity contribution in [3.63, 3.8) is 0 Å². The molecule has 5 rings (SSSR count). The molecule has 1 unspecified atom stereocenters. The van der Waals surface area contributed by atoms with Crippen LogP contribution in [0, 0.1) is 0 Å². The van der Waals surface area contributed by atoms with Gasteiger partial charge in [-0.3, -0.25) is 19.1 Å². The van der Waals surface area contributed by atoms with Gasteiger partial charge in [0.15, 0.2) is 0 Å². The molecule has 0 saturated carbocycles. The molecule has 31 heavy (non-hydrogen) atoms. The summed E-state index contributed by atoms with van der Waals surface area (Å²) in [5.41, 5.74) is 2.50. The summed E-state index contributed by atoms with van der Waals surface area (Å²) in [5.74, 6) is 0.755. The zero-order chi connectivity index (χ0) is 21.2. The van der Waals surface area contributed by atoms with Gasteiger partial charge in [0, 0.05) is 44.2 Å². The van der Waals surface area contributed by atoms with Gasteiger partial charge in [-0.05, 0) is 43.0 Å². The Bertz CT molecular complexity index is 1160. The van der Waals surface area contributed by atoms with E-state index in [2.05, 4.69) is 34.5 Å². The number of nitrogens with zero attached hydrogens (tertiary/aromatic N) is 3. The SMILES string of the molecule is O=C(NC1CCN(Cc2ccccc2)C1)c1ccc2c(=O)n3c(nc2c1)CCCCC3. The first-order valence-corrected chi connectivity index (χ1v) is 11.3. The Morgan fingerprint density at radius 1 is 1.06 bits per heavy atom. The third kappa shape index (κ3) is 4.26. The van der Waals surface area contributed by atoms with Crippen LogP contribution in [0.5, 0.6) is 0 Å². The van der Waals surface area contributed by atoms with E-state index in [1.165, 1.54) is 5.56 Å². The second-order valence-corrected chi connectivity index (χ2v) is 8.71. The predicted molar refractivity (Wildman–Crippen MR) is 121 cm³/mol. The Morgan fingerprint density at radius 2 is 1.94 bits per heavy atom. The Kier molecular flexibility index (Phi) is 5.55. The fourth-order valence-electron chi connectivity index (χ4n) is 4.76. The van der Waals surface area contributed by atoms with Crippen LogP contribution in [0.15, 0.2) is 53.3 Å². The first kappa shape index (κ1) is 19.9. The standard InChI is InChI=1S/C25H28N4O2/c30-24(26-20-12-14-28(17-20)16-18-7-3-1-4-8-18)19-10-11-21-22(15-19)27-23-9-5-2-6-13-29(23)25(21)31/h1,3-4,7-8,10-11,15,20H,2,5-6,9,12-14,16-17H2,(H,26,30). The van der Waals surface area contributed by atoms with Gasteiger partial charge in [0.25, 0.3) is 11.5 Å². The van der Waals surface area contributed by atoms with Crippen molar-refractivity contribution in [2.45, 2.75) is 51.2 Å². The van der Waals surface area contributed by atoms with E-state index in [1.54, 1.807) is 18.2 Å². The number of nitrogens with one attached hydrogen (secondary N) is 1. The maximum Gasteiger partial charge on any atom is 0.261 e. The lowest BCUT2D eigenvalue weighted by atomic mass is 10.1. The molecule has 1 N–H and O–H groups in total. The van der Waals surface area contributed by atoms with E-state index < -0.39 is 0 Å². The molecule has 6 heteroatoms. The molecule has 3 heterocycles. The maximum atomic E-state index is 12.9. The number of hydrogen-bond donors (Lipinski definition) is 1. The molecule has 0 radical (unpaired) electrons. The van der Waals surface area contributed by atoms with Crippen LogP contribution in [-0.2, 0) is 19.5 Å². The number of rotatable bonds is 4. The fourth-order valence-corrected chi connectivity index (χ4v) is 4.76. The van der Waals surface area contributed by atoms with Crippen molar-refractivity contribution in [1.82, 2.24) is 19.8 Å². The number of carbonyl (C=O) groups excluding carboxylic acids is 1. The van der Waals surface area contributed by atoms with Gasteiger partial charge in [-0.1, -0.05) is 36.8 Å². The highest BCUT2D eigenvalue weighted by molar-refractivity contribution is 5.97. The van der Waals surface area contributed by atoms with Gasteiger partial charge in [0.05, 0.1) is 10.9 Å². The van der Waals surface area contributed by atoms with Gasteiger partial charge in [-0.2, -0.15) is 0 Å². The average molecular weight is 417 g/mol. The van der Waals surface area contributed by atoms with E-state index in [0.717, 1.165) is 64.1 Å². The summed E-state index contributed by atoms with van der Waals surface area (Å²) in [6.07, 6.45) is 4.96. The van der Waals surface area contributed by atoms with Crippen LogP contribution in [0.25, 0.3) is 10.9 Å². The molecule has 2 aliphatic rings. The molecule has 1 saturated heterocycles. The van der Waals surface area contributed by atoms with Gasteiger partial charge < -0.3 is 5.32 Å². The number of carbonyl (C=O) groups is 1. The molecule has 1 amide bonds. The molecule has 2 aliphatic heterocycles. The number of aryl methyl sites for hydroxylation is 1. The molecule has 3 aromatic rings. The molecular weight excluding hydrogens is 388 g/mol.